The topological polar surface area (TPSA) is 68.4 Å². The molecule has 0 radical (unpaired) electrons. The van der Waals surface area contributed by atoms with E-state index in [1.807, 2.05) is 50.2 Å². The van der Waals surface area contributed by atoms with Crippen molar-refractivity contribution in [2.75, 3.05) is 6.54 Å². The fourth-order valence-electron chi connectivity index (χ4n) is 3.29. The van der Waals surface area contributed by atoms with Crippen LogP contribution >= 0.6 is 0 Å². The normalized spacial score (nSPS) is 11.4. The second-order valence-corrected chi connectivity index (χ2v) is 7.31. The highest BCUT2D eigenvalue weighted by Crippen LogP contribution is 2.18. The van der Waals surface area contributed by atoms with Gasteiger partial charge in [0, 0.05) is 12.1 Å². The fraction of sp³-hybridized carbons (Fsp3) is 0.227. The Labute approximate surface area is 162 Å². The number of hydrogen-bond acceptors (Lipinski definition) is 3. The summed E-state index contributed by atoms with van der Waals surface area (Å²) >= 11 is 0. The van der Waals surface area contributed by atoms with Crippen LogP contribution in [0.4, 0.5) is 0 Å². The van der Waals surface area contributed by atoms with Gasteiger partial charge in [0.2, 0.25) is 0 Å². The van der Waals surface area contributed by atoms with E-state index in [0.29, 0.717) is 35.6 Å². The van der Waals surface area contributed by atoms with E-state index in [1.165, 1.54) is 0 Å². The van der Waals surface area contributed by atoms with Crippen LogP contribution in [0.3, 0.4) is 0 Å². The number of rotatable bonds is 5. The molecule has 0 aliphatic carbocycles. The molecule has 4 aromatic rings. The first-order chi connectivity index (χ1) is 13.5. The average molecular weight is 374 g/mol. The van der Waals surface area contributed by atoms with Crippen molar-refractivity contribution in [3.05, 3.63) is 82.3 Å². The summed E-state index contributed by atoms with van der Waals surface area (Å²) in [5.41, 5.74) is 3.40. The number of nitrogens with zero attached hydrogens (tertiary/aromatic N) is 3. The molecule has 0 spiro atoms. The Kier molecular flexibility index (Phi) is 4.69. The van der Waals surface area contributed by atoms with Gasteiger partial charge in [-0.25, -0.2) is 4.52 Å². The Morgan fingerprint density at radius 2 is 1.82 bits per heavy atom. The summed E-state index contributed by atoms with van der Waals surface area (Å²) in [7, 11) is 0. The summed E-state index contributed by atoms with van der Waals surface area (Å²) in [6, 6.07) is 16.9. The summed E-state index contributed by atoms with van der Waals surface area (Å²) in [6.45, 7) is 5.13. The van der Waals surface area contributed by atoms with E-state index >= 15 is 0 Å². The van der Waals surface area contributed by atoms with Crippen LogP contribution in [-0.2, 0) is 6.54 Å². The predicted octanol–water partition coefficient (Wildman–Crippen LogP) is 3.08. The lowest BCUT2D eigenvalue weighted by molar-refractivity contribution is 0.0949. The number of amides is 1. The lowest BCUT2D eigenvalue weighted by Crippen LogP contribution is -2.28. The van der Waals surface area contributed by atoms with E-state index in [9.17, 15) is 9.59 Å². The first kappa shape index (κ1) is 18.0. The molecule has 2 heterocycles. The number of aromatic nitrogens is 3. The number of benzene rings is 2. The SMILES string of the molecule is CC(C)CNC(=O)c1ccc2c(c1)n(Cc1ccccc1)c(=O)c1ccnn12. The van der Waals surface area contributed by atoms with E-state index in [1.54, 1.807) is 33.5 Å². The number of nitrogens with one attached hydrogen (secondary N) is 1. The third kappa shape index (κ3) is 3.29. The summed E-state index contributed by atoms with van der Waals surface area (Å²) in [4.78, 5) is 25.6. The van der Waals surface area contributed by atoms with Gasteiger partial charge in [-0.3, -0.25) is 9.59 Å². The maximum absolute atomic E-state index is 13.1. The van der Waals surface area contributed by atoms with Crippen molar-refractivity contribution in [1.82, 2.24) is 19.5 Å². The minimum atomic E-state index is -0.144. The molecule has 0 saturated carbocycles. The molecule has 0 bridgehead atoms. The van der Waals surface area contributed by atoms with Crippen molar-refractivity contribution in [3.63, 3.8) is 0 Å². The number of fused-ring (bicyclic) bond motifs is 3. The average Bonchev–Trinajstić information content (AvgIpc) is 3.20. The first-order valence-corrected chi connectivity index (χ1v) is 9.37. The number of carbonyl (C=O) groups is 1. The van der Waals surface area contributed by atoms with Gasteiger partial charge in [-0.1, -0.05) is 44.2 Å². The van der Waals surface area contributed by atoms with E-state index in [4.69, 9.17) is 0 Å². The molecule has 0 aliphatic rings. The fourth-order valence-corrected chi connectivity index (χ4v) is 3.29. The second-order valence-electron chi connectivity index (χ2n) is 7.31. The minimum absolute atomic E-state index is 0.131. The molecule has 0 aliphatic heterocycles. The summed E-state index contributed by atoms with van der Waals surface area (Å²) < 4.78 is 3.34. The molecular formula is C22H22N4O2. The van der Waals surface area contributed by atoms with Gasteiger partial charge in [0.1, 0.15) is 5.52 Å². The summed E-state index contributed by atoms with van der Waals surface area (Å²) in [5, 5.41) is 7.22. The van der Waals surface area contributed by atoms with Gasteiger partial charge >= 0.3 is 0 Å². The van der Waals surface area contributed by atoms with Gasteiger partial charge in [-0.2, -0.15) is 5.10 Å². The molecular weight excluding hydrogens is 352 g/mol. The zero-order valence-electron chi connectivity index (χ0n) is 15.9. The van der Waals surface area contributed by atoms with Gasteiger partial charge in [0.05, 0.1) is 23.8 Å². The Bertz CT molecular complexity index is 1210. The van der Waals surface area contributed by atoms with Crippen molar-refractivity contribution >= 4 is 22.5 Å². The molecule has 0 atom stereocenters. The molecule has 0 unspecified atom stereocenters. The van der Waals surface area contributed by atoms with Crippen LogP contribution in [0.15, 0.2) is 65.6 Å². The zero-order chi connectivity index (χ0) is 19.7. The van der Waals surface area contributed by atoms with Gasteiger partial charge in [-0.05, 0) is 35.7 Å². The molecule has 4 rings (SSSR count). The van der Waals surface area contributed by atoms with Crippen molar-refractivity contribution in [2.24, 2.45) is 5.92 Å². The van der Waals surface area contributed by atoms with Crippen molar-refractivity contribution in [1.29, 1.82) is 0 Å². The van der Waals surface area contributed by atoms with Gasteiger partial charge < -0.3 is 9.88 Å². The lowest BCUT2D eigenvalue weighted by atomic mass is 10.1. The molecule has 142 valence electrons. The molecule has 28 heavy (non-hydrogen) atoms. The Hall–Kier alpha value is -3.41. The highest BCUT2D eigenvalue weighted by atomic mass is 16.1. The standard InChI is InChI=1S/C22H22N4O2/c1-15(2)13-23-21(27)17-8-9-18-20(12-17)25(14-16-6-4-3-5-7-16)22(28)19-10-11-24-26(18)19/h3-12,15H,13-14H2,1-2H3,(H,23,27). The molecule has 2 aromatic carbocycles. The highest BCUT2D eigenvalue weighted by molar-refractivity contribution is 5.97. The maximum Gasteiger partial charge on any atom is 0.277 e. The molecule has 6 heteroatoms. The third-order valence-corrected chi connectivity index (χ3v) is 4.72. The zero-order valence-corrected chi connectivity index (χ0v) is 15.9. The second kappa shape index (κ2) is 7.31. The van der Waals surface area contributed by atoms with E-state index in [-0.39, 0.29) is 11.5 Å². The first-order valence-electron chi connectivity index (χ1n) is 9.37. The Morgan fingerprint density at radius 3 is 2.57 bits per heavy atom. The lowest BCUT2D eigenvalue weighted by Gasteiger charge is -2.14. The minimum Gasteiger partial charge on any atom is -0.352 e. The largest absolute Gasteiger partial charge is 0.352 e. The smallest absolute Gasteiger partial charge is 0.277 e. The molecule has 1 amide bonds. The molecule has 1 N–H and O–H groups in total. The van der Waals surface area contributed by atoms with Crippen LogP contribution < -0.4 is 10.9 Å². The molecule has 0 fully saturated rings. The Morgan fingerprint density at radius 1 is 1.04 bits per heavy atom. The van der Waals surface area contributed by atoms with Crippen LogP contribution in [0.25, 0.3) is 16.6 Å². The molecule has 2 aromatic heterocycles. The van der Waals surface area contributed by atoms with Crippen LogP contribution in [0.5, 0.6) is 0 Å². The van der Waals surface area contributed by atoms with Crippen molar-refractivity contribution < 1.29 is 4.79 Å². The van der Waals surface area contributed by atoms with Crippen LogP contribution in [0.2, 0.25) is 0 Å². The number of carbonyl (C=O) groups excluding carboxylic acids is 1. The van der Waals surface area contributed by atoms with Crippen LogP contribution in [-0.4, -0.2) is 26.6 Å². The van der Waals surface area contributed by atoms with E-state index in [0.717, 1.165) is 11.1 Å². The van der Waals surface area contributed by atoms with Crippen molar-refractivity contribution in [3.8, 4) is 0 Å². The van der Waals surface area contributed by atoms with Gasteiger partial charge in [0.15, 0.2) is 0 Å². The van der Waals surface area contributed by atoms with Gasteiger partial charge in [-0.15, -0.1) is 0 Å². The van der Waals surface area contributed by atoms with Crippen LogP contribution in [0, 0.1) is 5.92 Å². The quantitative estimate of drug-likeness (QED) is 0.584. The highest BCUT2D eigenvalue weighted by Gasteiger charge is 2.15. The van der Waals surface area contributed by atoms with E-state index < -0.39 is 0 Å². The van der Waals surface area contributed by atoms with Crippen LogP contribution in [0.1, 0.15) is 29.8 Å². The summed E-state index contributed by atoms with van der Waals surface area (Å²) in [6.07, 6.45) is 1.62. The van der Waals surface area contributed by atoms with Gasteiger partial charge in [0.25, 0.3) is 11.5 Å². The molecule has 0 saturated heterocycles. The van der Waals surface area contributed by atoms with Crippen molar-refractivity contribution in [2.45, 2.75) is 20.4 Å². The molecule has 6 nitrogen and oxygen atoms in total. The predicted molar refractivity (Wildman–Crippen MR) is 110 cm³/mol. The Balaban J connectivity index is 1.88. The van der Waals surface area contributed by atoms with E-state index in [2.05, 4.69) is 10.4 Å². The number of hydrogen-bond donors (Lipinski definition) is 1. The summed E-state index contributed by atoms with van der Waals surface area (Å²) in [5.74, 6) is 0.222. The third-order valence-electron chi connectivity index (χ3n) is 4.72. The monoisotopic (exact) mass is 374 g/mol. The maximum atomic E-state index is 13.1.